The number of carbonyl (C=O) groups is 1. The fourth-order valence-corrected chi connectivity index (χ4v) is 5.05. The summed E-state index contributed by atoms with van der Waals surface area (Å²) in [6.45, 7) is 0.703. The lowest BCUT2D eigenvalue weighted by Gasteiger charge is -2.17. The van der Waals surface area contributed by atoms with Crippen LogP contribution in [0.1, 0.15) is 5.56 Å². The third-order valence-corrected chi connectivity index (χ3v) is 6.78. The van der Waals surface area contributed by atoms with Crippen LogP contribution in [0.3, 0.4) is 0 Å². The highest BCUT2D eigenvalue weighted by Gasteiger charge is 2.25. The maximum Gasteiger partial charge on any atom is 0.237 e. The summed E-state index contributed by atoms with van der Waals surface area (Å²) in [7, 11) is 1.58. The van der Waals surface area contributed by atoms with E-state index in [9.17, 15) is 4.79 Å². The quantitative estimate of drug-likeness (QED) is 0.354. The molecule has 0 saturated heterocycles. The fraction of sp³-hybridized carbons (Fsp3) is 0.160. The molecular formula is C25H21ClN4O2S. The molecule has 33 heavy (non-hydrogen) atoms. The average molecular weight is 477 g/mol. The maximum atomic E-state index is 13.1. The first-order chi connectivity index (χ1) is 16.2. The van der Waals surface area contributed by atoms with E-state index in [-0.39, 0.29) is 11.7 Å². The smallest absolute Gasteiger partial charge is 0.237 e. The highest BCUT2D eigenvalue weighted by atomic mass is 35.5. The van der Waals surface area contributed by atoms with Gasteiger partial charge >= 0.3 is 0 Å². The molecule has 1 aromatic heterocycles. The number of fused-ring (bicyclic) bond motifs is 1. The Morgan fingerprint density at radius 1 is 1.06 bits per heavy atom. The maximum absolute atomic E-state index is 13.1. The second kappa shape index (κ2) is 9.29. The van der Waals surface area contributed by atoms with Gasteiger partial charge in [0.05, 0.1) is 23.6 Å². The zero-order valence-corrected chi connectivity index (χ0v) is 19.5. The molecule has 1 aliphatic heterocycles. The number of hydrogen-bond acceptors (Lipinski definition) is 5. The molecule has 1 amide bonds. The zero-order chi connectivity index (χ0) is 22.8. The minimum atomic E-state index is 0.0496. The number of amides is 1. The van der Waals surface area contributed by atoms with Gasteiger partial charge < -0.3 is 9.64 Å². The Balaban J connectivity index is 1.46. The number of hydrogen-bond donors (Lipinski definition) is 0. The van der Waals surface area contributed by atoms with Gasteiger partial charge in [-0.1, -0.05) is 71.9 Å². The zero-order valence-electron chi connectivity index (χ0n) is 17.9. The molecule has 0 spiro atoms. The van der Waals surface area contributed by atoms with Crippen molar-refractivity contribution >= 4 is 35.0 Å². The Morgan fingerprint density at radius 3 is 2.64 bits per heavy atom. The summed E-state index contributed by atoms with van der Waals surface area (Å²) in [5.74, 6) is 1.57. The van der Waals surface area contributed by atoms with Crippen molar-refractivity contribution in [3.05, 3.63) is 83.4 Å². The van der Waals surface area contributed by atoms with Crippen molar-refractivity contribution in [3.8, 4) is 22.8 Å². The van der Waals surface area contributed by atoms with Crippen molar-refractivity contribution in [2.24, 2.45) is 0 Å². The van der Waals surface area contributed by atoms with E-state index in [0.29, 0.717) is 28.3 Å². The second-order valence-corrected chi connectivity index (χ2v) is 8.89. The van der Waals surface area contributed by atoms with Gasteiger partial charge in [-0.05, 0) is 36.2 Å². The van der Waals surface area contributed by atoms with Crippen LogP contribution in [0.25, 0.3) is 17.1 Å². The number of para-hydroxylation sites is 1. The number of halogens is 1. The van der Waals surface area contributed by atoms with E-state index in [0.717, 1.165) is 23.4 Å². The van der Waals surface area contributed by atoms with Gasteiger partial charge in [0, 0.05) is 17.8 Å². The van der Waals surface area contributed by atoms with Gasteiger partial charge in [-0.2, -0.15) is 0 Å². The molecule has 4 aromatic rings. The van der Waals surface area contributed by atoms with Crippen LogP contribution in [-0.4, -0.2) is 40.1 Å². The SMILES string of the molecule is COc1ccc(-n2c(SCC(=O)N3CCc4ccccc43)nnc2-c2ccccc2)cc1Cl. The molecule has 1 aliphatic rings. The number of thioether (sulfide) groups is 1. The minimum absolute atomic E-state index is 0.0496. The Bertz CT molecular complexity index is 1310. The van der Waals surface area contributed by atoms with Crippen molar-refractivity contribution < 1.29 is 9.53 Å². The van der Waals surface area contributed by atoms with Gasteiger partial charge in [0.25, 0.3) is 0 Å². The van der Waals surface area contributed by atoms with Crippen LogP contribution in [0, 0.1) is 0 Å². The molecule has 8 heteroatoms. The molecule has 5 rings (SSSR count). The normalized spacial score (nSPS) is 12.6. The molecule has 0 radical (unpaired) electrons. The van der Waals surface area contributed by atoms with Crippen molar-refractivity contribution in [1.29, 1.82) is 0 Å². The number of nitrogens with zero attached hydrogens (tertiary/aromatic N) is 4. The van der Waals surface area contributed by atoms with Crippen molar-refractivity contribution in [1.82, 2.24) is 14.8 Å². The third kappa shape index (κ3) is 4.21. The Labute approximate surface area is 201 Å². The molecular weight excluding hydrogens is 456 g/mol. The molecule has 0 unspecified atom stereocenters. The average Bonchev–Trinajstić information content (AvgIpc) is 3.47. The van der Waals surface area contributed by atoms with Gasteiger partial charge in [0.2, 0.25) is 5.91 Å². The monoisotopic (exact) mass is 476 g/mol. The summed E-state index contributed by atoms with van der Waals surface area (Å²) >= 11 is 7.78. The van der Waals surface area contributed by atoms with E-state index in [1.54, 1.807) is 7.11 Å². The van der Waals surface area contributed by atoms with E-state index in [2.05, 4.69) is 16.3 Å². The lowest BCUT2D eigenvalue weighted by molar-refractivity contribution is -0.116. The number of rotatable bonds is 6. The summed E-state index contributed by atoms with van der Waals surface area (Å²) < 4.78 is 7.23. The van der Waals surface area contributed by atoms with Gasteiger partial charge in [-0.25, -0.2) is 0 Å². The van der Waals surface area contributed by atoms with E-state index in [1.165, 1.54) is 17.3 Å². The van der Waals surface area contributed by atoms with Crippen LogP contribution in [-0.2, 0) is 11.2 Å². The molecule has 0 aliphatic carbocycles. The molecule has 3 aromatic carbocycles. The number of methoxy groups -OCH3 is 1. The predicted molar refractivity (Wildman–Crippen MR) is 132 cm³/mol. The summed E-state index contributed by atoms with van der Waals surface area (Å²) in [6.07, 6.45) is 0.880. The highest BCUT2D eigenvalue weighted by molar-refractivity contribution is 7.99. The Morgan fingerprint density at radius 2 is 1.85 bits per heavy atom. The largest absolute Gasteiger partial charge is 0.495 e. The Hall–Kier alpha value is -3.29. The van der Waals surface area contributed by atoms with E-state index in [4.69, 9.17) is 16.3 Å². The van der Waals surface area contributed by atoms with E-state index >= 15 is 0 Å². The van der Waals surface area contributed by atoms with Gasteiger partial charge in [-0.15, -0.1) is 10.2 Å². The lowest BCUT2D eigenvalue weighted by atomic mass is 10.2. The van der Waals surface area contributed by atoms with Crippen LogP contribution in [0.5, 0.6) is 5.75 Å². The first-order valence-corrected chi connectivity index (χ1v) is 11.9. The number of ether oxygens (including phenoxy) is 1. The molecule has 0 N–H and O–H groups in total. The lowest BCUT2D eigenvalue weighted by Crippen LogP contribution is -2.30. The summed E-state index contributed by atoms with van der Waals surface area (Å²) in [6, 6.07) is 23.4. The van der Waals surface area contributed by atoms with E-state index in [1.807, 2.05) is 76.2 Å². The molecule has 0 saturated carbocycles. The number of carbonyl (C=O) groups excluding carboxylic acids is 1. The number of benzene rings is 3. The number of anilines is 1. The molecule has 0 bridgehead atoms. The predicted octanol–water partition coefficient (Wildman–Crippen LogP) is 5.28. The number of aromatic nitrogens is 3. The molecule has 166 valence electrons. The van der Waals surface area contributed by atoms with Gasteiger partial charge in [0.1, 0.15) is 5.75 Å². The molecule has 2 heterocycles. The van der Waals surface area contributed by atoms with Crippen molar-refractivity contribution in [3.63, 3.8) is 0 Å². The first kappa shape index (κ1) is 21.6. The van der Waals surface area contributed by atoms with Crippen LogP contribution < -0.4 is 9.64 Å². The van der Waals surface area contributed by atoms with Crippen LogP contribution in [0.4, 0.5) is 5.69 Å². The van der Waals surface area contributed by atoms with Crippen LogP contribution in [0.15, 0.2) is 78.0 Å². The highest BCUT2D eigenvalue weighted by Crippen LogP contribution is 2.33. The summed E-state index contributed by atoms with van der Waals surface area (Å²) in [5, 5.41) is 9.96. The Kier molecular flexibility index (Phi) is 6.07. The fourth-order valence-electron chi connectivity index (χ4n) is 3.97. The van der Waals surface area contributed by atoms with Crippen molar-refractivity contribution in [2.45, 2.75) is 11.6 Å². The third-order valence-electron chi connectivity index (χ3n) is 5.57. The molecule has 0 atom stereocenters. The van der Waals surface area contributed by atoms with Crippen molar-refractivity contribution in [2.75, 3.05) is 24.3 Å². The van der Waals surface area contributed by atoms with Crippen LogP contribution in [0.2, 0.25) is 5.02 Å². The molecule has 6 nitrogen and oxygen atoms in total. The van der Waals surface area contributed by atoms with Gasteiger partial charge in [-0.3, -0.25) is 9.36 Å². The summed E-state index contributed by atoms with van der Waals surface area (Å²) in [5.41, 5.74) is 3.92. The standard InChI is InChI=1S/C25H21ClN4O2S/c1-32-22-12-11-19(15-20(22)26)30-24(18-8-3-2-4-9-18)27-28-25(30)33-16-23(31)29-14-13-17-7-5-6-10-21(17)29/h2-12,15H,13-14,16H2,1H3. The van der Waals surface area contributed by atoms with E-state index < -0.39 is 0 Å². The minimum Gasteiger partial charge on any atom is -0.495 e. The van der Waals surface area contributed by atoms with Gasteiger partial charge in [0.15, 0.2) is 11.0 Å². The topological polar surface area (TPSA) is 60.2 Å². The summed E-state index contributed by atoms with van der Waals surface area (Å²) in [4.78, 5) is 14.9. The second-order valence-electron chi connectivity index (χ2n) is 7.54. The first-order valence-electron chi connectivity index (χ1n) is 10.5. The molecule has 0 fully saturated rings. The van der Waals surface area contributed by atoms with Crippen LogP contribution >= 0.6 is 23.4 Å².